The van der Waals surface area contributed by atoms with E-state index in [1.165, 1.54) is 11.8 Å². The molecule has 0 aliphatic carbocycles. The molecule has 1 unspecified atom stereocenters. The Hall–Kier alpha value is -1.55. The standard InChI is InChI=1S/C12H14ClNO3/c1-3-11(12(16)17)14(8(2)15)10-6-4-5-9(13)7-10/h4-7,11H,3H2,1-2H3,(H,16,17). The molecule has 0 spiro atoms. The Morgan fingerprint density at radius 3 is 2.53 bits per heavy atom. The summed E-state index contributed by atoms with van der Waals surface area (Å²) in [4.78, 5) is 23.9. The van der Waals surface area contributed by atoms with Crippen LogP contribution >= 0.6 is 11.6 Å². The Bertz CT molecular complexity index is 434. The van der Waals surface area contributed by atoms with Gasteiger partial charge < -0.3 is 5.11 Å². The van der Waals surface area contributed by atoms with Crippen LogP contribution in [0, 0.1) is 0 Å². The minimum absolute atomic E-state index is 0.318. The van der Waals surface area contributed by atoms with Gasteiger partial charge in [0.25, 0.3) is 0 Å². The molecule has 0 heterocycles. The summed E-state index contributed by atoms with van der Waals surface area (Å²) in [5.74, 6) is -1.34. The van der Waals surface area contributed by atoms with Gasteiger partial charge in [0.2, 0.25) is 5.91 Å². The van der Waals surface area contributed by atoms with Gasteiger partial charge in [0.15, 0.2) is 0 Å². The number of nitrogens with zero attached hydrogens (tertiary/aromatic N) is 1. The summed E-state index contributed by atoms with van der Waals surface area (Å²) in [6.45, 7) is 3.06. The van der Waals surface area contributed by atoms with Crippen molar-refractivity contribution in [2.24, 2.45) is 0 Å². The molecule has 92 valence electrons. The van der Waals surface area contributed by atoms with Crippen LogP contribution in [0.2, 0.25) is 5.02 Å². The van der Waals surface area contributed by atoms with Gasteiger partial charge in [-0.25, -0.2) is 4.79 Å². The van der Waals surface area contributed by atoms with Gasteiger partial charge in [-0.1, -0.05) is 24.6 Å². The molecule has 1 aromatic rings. The van der Waals surface area contributed by atoms with Crippen molar-refractivity contribution >= 4 is 29.2 Å². The van der Waals surface area contributed by atoms with E-state index in [0.29, 0.717) is 17.1 Å². The second-order valence-electron chi connectivity index (χ2n) is 3.63. The molecule has 0 saturated heterocycles. The number of carboxylic acid groups (broad SMARTS) is 1. The summed E-state index contributed by atoms with van der Waals surface area (Å²) in [5.41, 5.74) is 0.499. The third-order valence-corrected chi connectivity index (χ3v) is 2.64. The molecule has 1 atom stereocenters. The van der Waals surface area contributed by atoms with Crippen LogP contribution in [0.4, 0.5) is 5.69 Å². The lowest BCUT2D eigenvalue weighted by Crippen LogP contribution is -2.43. The summed E-state index contributed by atoms with van der Waals surface area (Å²) in [6, 6.07) is 5.73. The van der Waals surface area contributed by atoms with Gasteiger partial charge in [0.05, 0.1) is 0 Å². The topological polar surface area (TPSA) is 57.6 Å². The quantitative estimate of drug-likeness (QED) is 0.900. The van der Waals surface area contributed by atoms with Crippen molar-refractivity contribution in [1.29, 1.82) is 0 Å². The van der Waals surface area contributed by atoms with Gasteiger partial charge in [-0.3, -0.25) is 9.69 Å². The normalized spacial score (nSPS) is 11.9. The third-order valence-electron chi connectivity index (χ3n) is 2.41. The maximum absolute atomic E-state index is 11.6. The third kappa shape index (κ3) is 3.20. The van der Waals surface area contributed by atoms with Crippen molar-refractivity contribution in [3.05, 3.63) is 29.3 Å². The van der Waals surface area contributed by atoms with Crippen LogP contribution in [-0.2, 0) is 9.59 Å². The number of carboxylic acids is 1. The maximum atomic E-state index is 11.6. The largest absolute Gasteiger partial charge is 0.480 e. The van der Waals surface area contributed by atoms with Gasteiger partial charge in [0.1, 0.15) is 6.04 Å². The number of carbonyl (C=O) groups excluding carboxylic acids is 1. The van der Waals surface area contributed by atoms with E-state index in [0.717, 1.165) is 0 Å². The van der Waals surface area contributed by atoms with Crippen LogP contribution < -0.4 is 4.90 Å². The Balaban J connectivity index is 3.17. The minimum atomic E-state index is -1.03. The van der Waals surface area contributed by atoms with Crippen LogP contribution in [-0.4, -0.2) is 23.0 Å². The first-order valence-corrected chi connectivity index (χ1v) is 5.63. The Labute approximate surface area is 105 Å². The summed E-state index contributed by atoms with van der Waals surface area (Å²) in [6.07, 6.45) is 0.335. The van der Waals surface area contributed by atoms with Crippen LogP contribution in [0.3, 0.4) is 0 Å². The number of carbonyl (C=O) groups is 2. The Morgan fingerprint density at radius 1 is 1.47 bits per heavy atom. The van der Waals surface area contributed by atoms with Crippen molar-refractivity contribution in [2.75, 3.05) is 4.90 Å². The van der Waals surface area contributed by atoms with Gasteiger partial charge in [0, 0.05) is 17.6 Å². The highest BCUT2D eigenvalue weighted by Crippen LogP contribution is 2.22. The number of anilines is 1. The number of benzene rings is 1. The first-order valence-electron chi connectivity index (χ1n) is 5.25. The van der Waals surface area contributed by atoms with Crippen molar-refractivity contribution in [3.63, 3.8) is 0 Å². The molecule has 5 heteroatoms. The summed E-state index contributed by atoms with van der Waals surface area (Å²) in [5, 5.41) is 9.56. The lowest BCUT2D eigenvalue weighted by atomic mass is 10.1. The molecule has 17 heavy (non-hydrogen) atoms. The highest BCUT2D eigenvalue weighted by atomic mass is 35.5. The molecule has 0 radical (unpaired) electrons. The van der Waals surface area contributed by atoms with E-state index in [1.54, 1.807) is 31.2 Å². The minimum Gasteiger partial charge on any atom is -0.480 e. The second kappa shape index (κ2) is 5.68. The maximum Gasteiger partial charge on any atom is 0.326 e. The van der Waals surface area contributed by atoms with E-state index in [1.807, 2.05) is 0 Å². The zero-order valence-corrected chi connectivity index (χ0v) is 10.4. The molecule has 0 aliphatic heterocycles. The predicted molar refractivity (Wildman–Crippen MR) is 66.3 cm³/mol. The first kappa shape index (κ1) is 13.5. The fraction of sp³-hybridized carbons (Fsp3) is 0.333. The monoisotopic (exact) mass is 255 g/mol. The number of rotatable bonds is 4. The molecule has 0 aromatic heterocycles. The van der Waals surface area contributed by atoms with Crippen molar-refractivity contribution in [1.82, 2.24) is 0 Å². The fourth-order valence-electron chi connectivity index (χ4n) is 1.67. The number of hydrogen-bond acceptors (Lipinski definition) is 2. The molecule has 0 saturated carbocycles. The van der Waals surface area contributed by atoms with Crippen molar-refractivity contribution in [2.45, 2.75) is 26.3 Å². The smallest absolute Gasteiger partial charge is 0.326 e. The highest BCUT2D eigenvalue weighted by molar-refractivity contribution is 6.30. The summed E-state index contributed by atoms with van der Waals surface area (Å²) >= 11 is 5.84. The molecule has 1 aromatic carbocycles. The molecular formula is C12H14ClNO3. The van der Waals surface area contributed by atoms with E-state index < -0.39 is 12.0 Å². The first-order chi connectivity index (χ1) is 7.97. The van der Waals surface area contributed by atoms with Crippen molar-refractivity contribution in [3.8, 4) is 0 Å². The average molecular weight is 256 g/mol. The lowest BCUT2D eigenvalue weighted by Gasteiger charge is -2.27. The van der Waals surface area contributed by atoms with Gasteiger partial charge in [-0.15, -0.1) is 0 Å². The van der Waals surface area contributed by atoms with Gasteiger partial charge in [-0.2, -0.15) is 0 Å². The Kier molecular flexibility index (Phi) is 4.52. The molecule has 0 bridgehead atoms. The van der Waals surface area contributed by atoms with E-state index in [-0.39, 0.29) is 5.91 Å². The predicted octanol–water partition coefficient (Wildman–Crippen LogP) is 2.56. The molecule has 0 fully saturated rings. The summed E-state index contributed by atoms with van der Waals surface area (Å²) < 4.78 is 0. The lowest BCUT2D eigenvalue weighted by molar-refractivity contribution is -0.140. The van der Waals surface area contributed by atoms with Crippen molar-refractivity contribution < 1.29 is 14.7 Å². The second-order valence-corrected chi connectivity index (χ2v) is 4.07. The number of halogens is 1. The van der Waals surface area contributed by atoms with Crippen LogP contribution in [0.5, 0.6) is 0 Å². The SMILES string of the molecule is CCC(C(=O)O)N(C(C)=O)c1cccc(Cl)c1. The zero-order valence-electron chi connectivity index (χ0n) is 9.68. The molecule has 0 aliphatic rings. The number of aliphatic carboxylic acids is 1. The van der Waals surface area contributed by atoms with E-state index in [2.05, 4.69) is 0 Å². The molecule has 1 N–H and O–H groups in total. The molecule has 1 rings (SSSR count). The average Bonchev–Trinajstić information content (AvgIpc) is 2.24. The van der Waals surface area contributed by atoms with Crippen LogP contribution in [0.15, 0.2) is 24.3 Å². The fourth-order valence-corrected chi connectivity index (χ4v) is 1.86. The van der Waals surface area contributed by atoms with Gasteiger partial charge in [-0.05, 0) is 24.6 Å². The molecule has 4 nitrogen and oxygen atoms in total. The van der Waals surface area contributed by atoms with Gasteiger partial charge >= 0.3 is 5.97 Å². The van der Waals surface area contributed by atoms with E-state index in [9.17, 15) is 9.59 Å². The molecule has 1 amide bonds. The number of hydrogen-bond donors (Lipinski definition) is 1. The van der Waals surface area contributed by atoms with E-state index >= 15 is 0 Å². The zero-order chi connectivity index (χ0) is 13.0. The Morgan fingerprint density at radius 2 is 2.12 bits per heavy atom. The molecular weight excluding hydrogens is 242 g/mol. The number of amides is 1. The van der Waals surface area contributed by atoms with Crippen LogP contribution in [0.1, 0.15) is 20.3 Å². The highest BCUT2D eigenvalue weighted by Gasteiger charge is 2.27. The summed E-state index contributed by atoms with van der Waals surface area (Å²) in [7, 11) is 0. The van der Waals surface area contributed by atoms with E-state index in [4.69, 9.17) is 16.7 Å². The van der Waals surface area contributed by atoms with Crippen LogP contribution in [0.25, 0.3) is 0 Å².